The highest BCUT2D eigenvalue weighted by molar-refractivity contribution is 5.78. The molecule has 0 aromatic rings. The Morgan fingerprint density at radius 3 is 1.32 bits per heavy atom. The third-order valence-electron chi connectivity index (χ3n) is 4.21. The first-order chi connectivity index (χ1) is 10.7. The molecule has 0 saturated heterocycles. The lowest BCUT2D eigenvalue weighted by molar-refractivity contribution is -0.126. The van der Waals surface area contributed by atoms with Gasteiger partial charge in [-0.1, -0.05) is 83.5 Å². The van der Waals surface area contributed by atoms with Gasteiger partial charge in [0.25, 0.3) is 0 Å². The maximum absolute atomic E-state index is 10.6. The zero-order chi connectivity index (χ0) is 16.5. The molecule has 0 fully saturated rings. The van der Waals surface area contributed by atoms with Crippen molar-refractivity contribution in [3.63, 3.8) is 0 Å². The molecule has 0 spiro atoms. The molecule has 0 aliphatic carbocycles. The van der Waals surface area contributed by atoms with Crippen molar-refractivity contribution in [1.82, 2.24) is 0 Å². The van der Waals surface area contributed by atoms with Crippen LogP contribution in [0.1, 0.15) is 96.3 Å². The summed E-state index contributed by atoms with van der Waals surface area (Å²) in [4.78, 5) is 10.6. The molecule has 0 aromatic heterocycles. The lowest BCUT2D eigenvalue weighted by atomic mass is 10.0. The quantitative estimate of drug-likeness (QED) is 0.358. The Labute approximate surface area is 136 Å². The van der Waals surface area contributed by atoms with Crippen molar-refractivity contribution in [3.05, 3.63) is 0 Å². The summed E-state index contributed by atoms with van der Waals surface area (Å²) in [5, 5.41) is 17.9. The molecule has 0 rings (SSSR count). The molecule has 0 radical (unpaired) electrons. The molecule has 1 amide bonds. The predicted molar refractivity (Wildman–Crippen MR) is 91.5 cm³/mol. The normalized spacial score (nSPS) is 12.5. The van der Waals surface area contributed by atoms with E-state index < -0.39 is 12.0 Å². The van der Waals surface area contributed by atoms with Gasteiger partial charge in [-0.25, -0.2) is 0 Å². The van der Waals surface area contributed by atoms with Gasteiger partial charge in [0.05, 0.1) is 0 Å². The number of carbonyl (C=O) groups is 1. The van der Waals surface area contributed by atoms with E-state index in [0.717, 1.165) is 19.3 Å². The van der Waals surface area contributed by atoms with Gasteiger partial charge in [0.1, 0.15) is 6.10 Å². The second kappa shape index (κ2) is 16.8. The zero-order valence-corrected chi connectivity index (χ0v) is 14.3. The highest BCUT2D eigenvalue weighted by Gasteiger charge is 2.09. The van der Waals surface area contributed by atoms with Crippen LogP contribution in [0.15, 0.2) is 0 Å². The van der Waals surface area contributed by atoms with Crippen LogP contribution < -0.4 is 5.73 Å². The lowest BCUT2D eigenvalue weighted by Gasteiger charge is -2.06. The number of aliphatic hydroxyl groups excluding tert-OH is 2. The number of rotatable bonds is 17. The van der Waals surface area contributed by atoms with E-state index in [9.17, 15) is 9.90 Å². The van der Waals surface area contributed by atoms with Crippen LogP contribution in [0.3, 0.4) is 0 Å². The molecule has 22 heavy (non-hydrogen) atoms. The van der Waals surface area contributed by atoms with Crippen molar-refractivity contribution < 1.29 is 15.0 Å². The van der Waals surface area contributed by atoms with Gasteiger partial charge < -0.3 is 15.9 Å². The van der Waals surface area contributed by atoms with Gasteiger partial charge in [-0.15, -0.1) is 0 Å². The fourth-order valence-corrected chi connectivity index (χ4v) is 2.71. The number of aliphatic hydroxyl groups is 2. The first kappa shape index (κ1) is 21.4. The van der Waals surface area contributed by atoms with Gasteiger partial charge in [0, 0.05) is 6.61 Å². The lowest BCUT2D eigenvalue weighted by Crippen LogP contribution is -2.27. The Morgan fingerprint density at radius 2 is 1.00 bits per heavy atom. The molecular weight excluding hydrogens is 278 g/mol. The van der Waals surface area contributed by atoms with E-state index in [4.69, 9.17) is 10.8 Å². The summed E-state index contributed by atoms with van der Waals surface area (Å²) in [6.07, 6.45) is 16.7. The third-order valence-corrected chi connectivity index (χ3v) is 4.21. The summed E-state index contributed by atoms with van der Waals surface area (Å²) in [6.45, 7) is 0.339. The SMILES string of the molecule is NC(=O)C(O)CCCCCCCCCCCCCCCCO. The second-order valence-electron chi connectivity index (χ2n) is 6.38. The van der Waals surface area contributed by atoms with Crippen molar-refractivity contribution in [2.45, 2.75) is 102 Å². The second-order valence-corrected chi connectivity index (χ2v) is 6.38. The molecule has 4 N–H and O–H groups in total. The first-order valence-electron chi connectivity index (χ1n) is 9.26. The van der Waals surface area contributed by atoms with E-state index in [1.54, 1.807) is 0 Å². The standard InChI is InChI=1S/C18H37NO3/c19-18(22)17(21)15-13-11-9-7-5-3-1-2-4-6-8-10-12-14-16-20/h17,20-21H,1-16H2,(H2,19,22). The van der Waals surface area contributed by atoms with Crippen LogP contribution in [-0.4, -0.2) is 28.8 Å². The number of hydrogen-bond donors (Lipinski definition) is 3. The molecule has 0 aliphatic rings. The molecule has 0 aliphatic heterocycles. The number of hydrogen-bond acceptors (Lipinski definition) is 3. The summed E-state index contributed by atoms with van der Waals surface area (Å²) >= 11 is 0. The number of amides is 1. The van der Waals surface area contributed by atoms with Gasteiger partial charge in [0.2, 0.25) is 5.91 Å². The maximum Gasteiger partial charge on any atom is 0.246 e. The van der Waals surface area contributed by atoms with Crippen LogP contribution in [0.5, 0.6) is 0 Å². The molecule has 4 nitrogen and oxygen atoms in total. The fraction of sp³-hybridized carbons (Fsp3) is 0.944. The largest absolute Gasteiger partial charge is 0.396 e. The number of primary amides is 1. The Hall–Kier alpha value is -0.610. The third kappa shape index (κ3) is 15.8. The number of carbonyl (C=O) groups excluding carboxylic acids is 1. The Balaban J connectivity index is 3.04. The van der Waals surface area contributed by atoms with Crippen LogP contribution >= 0.6 is 0 Å². The summed E-state index contributed by atoms with van der Waals surface area (Å²) in [5.74, 6) is -0.603. The molecule has 4 heteroatoms. The van der Waals surface area contributed by atoms with Crippen molar-refractivity contribution in [2.75, 3.05) is 6.61 Å². The van der Waals surface area contributed by atoms with Gasteiger partial charge in [-0.05, 0) is 12.8 Å². The average molecular weight is 315 g/mol. The first-order valence-corrected chi connectivity index (χ1v) is 9.26. The van der Waals surface area contributed by atoms with Crippen molar-refractivity contribution >= 4 is 5.91 Å². The molecule has 0 aromatic carbocycles. The highest BCUT2D eigenvalue weighted by atomic mass is 16.3. The van der Waals surface area contributed by atoms with Crippen LogP contribution in [0.2, 0.25) is 0 Å². The van der Waals surface area contributed by atoms with E-state index in [1.807, 2.05) is 0 Å². The highest BCUT2D eigenvalue weighted by Crippen LogP contribution is 2.13. The molecule has 1 unspecified atom stereocenters. The molecular formula is C18H37NO3. The van der Waals surface area contributed by atoms with Crippen molar-refractivity contribution in [2.24, 2.45) is 5.73 Å². The summed E-state index contributed by atoms with van der Waals surface area (Å²) < 4.78 is 0. The Morgan fingerprint density at radius 1 is 0.682 bits per heavy atom. The molecule has 132 valence electrons. The molecule has 0 bridgehead atoms. The van der Waals surface area contributed by atoms with E-state index in [2.05, 4.69) is 0 Å². The Bertz CT molecular complexity index is 246. The fourth-order valence-electron chi connectivity index (χ4n) is 2.71. The van der Waals surface area contributed by atoms with E-state index in [-0.39, 0.29) is 0 Å². The van der Waals surface area contributed by atoms with Gasteiger partial charge in [-0.3, -0.25) is 4.79 Å². The van der Waals surface area contributed by atoms with E-state index in [1.165, 1.54) is 70.6 Å². The number of nitrogens with two attached hydrogens (primary N) is 1. The topological polar surface area (TPSA) is 83.6 Å². The van der Waals surface area contributed by atoms with Gasteiger partial charge in [-0.2, -0.15) is 0 Å². The molecule has 1 atom stereocenters. The Kier molecular flexibility index (Phi) is 16.3. The molecule has 0 saturated carbocycles. The van der Waals surface area contributed by atoms with Crippen LogP contribution in [-0.2, 0) is 4.79 Å². The minimum absolute atomic E-state index is 0.339. The van der Waals surface area contributed by atoms with Gasteiger partial charge >= 0.3 is 0 Å². The van der Waals surface area contributed by atoms with E-state index in [0.29, 0.717) is 13.0 Å². The van der Waals surface area contributed by atoms with Crippen LogP contribution in [0.25, 0.3) is 0 Å². The van der Waals surface area contributed by atoms with E-state index >= 15 is 0 Å². The average Bonchev–Trinajstić information content (AvgIpc) is 2.50. The minimum atomic E-state index is -0.955. The summed E-state index contributed by atoms with van der Waals surface area (Å²) in [7, 11) is 0. The van der Waals surface area contributed by atoms with Crippen LogP contribution in [0, 0.1) is 0 Å². The van der Waals surface area contributed by atoms with Crippen molar-refractivity contribution in [1.29, 1.82) is 0 Å². The minimum Gasteiger partial charge on any atom is -0.396 e. The summed E-state index contributed by atoms with van der Waals surface area (Å²) in [6, 6.07) is 0. The van der Waals surface area contributed by atoms with Crippen LogP contribution in [0.4, 0.5) is 0 Å². The smallest absolute Gasteiger partial charge is 0.246 e. The monoisotopic (exact) mass is 315 g/mol. The van der Waals surface area contributed by atoms with Gasteiger partial charge in [0.15, 0.2) is 0 Å². The predicted octanol–water partition coefficient (Wildman–Crippen LogP) is 3.68. The number of unbranched alkanes of at least 4 members (excludes halogenated alkanes) is 13. The molecule has 0 heterocycles. The summed E-state index contributed by atoms with van der Waals surface area (Å²) in [5.41, 5.74) is 5.00. The van der Waals surface area contributed by atoms with Crippen molar-refractivity contribution in [3.8, 4) is 0 Å². The maximum atomic E-state index is 10.6. The zero-order valence-electron chi connectivity index (χ0n) is 14.3.